The van der Waals surface area contributed by atoms with E-state index < -0.39 is 42.5 Å². The molecule has 0 radical (unpaired) electrons. The van der Waals surface area contributed by atoms with E-state index in [2.05, 4.69) is 0 Å². The van der Waals surface area contributed by atoms with Crippen LogP contribution in [0.3, 0.4) is 0 Å². The zero-order valence-electron chi connectivity index (χ0n) is 9.30. The number of alkyl halides is 3. The van der Waals surface area contributed by atoms with Crippen molar-refractivity contribution in [3.8, 4) is 0 Å². The summed E-state index contributed by atoms with van der Waals surface area (Å²) in [5, 5.41) is 28.8. The number of hydrogen-bond acceptors (Lipinski definition) is 4. The van der Waals surface area contributed by atoms with Crippen LogP contribution in [0.4, 0.5) is 13.2 Å². The lowest BCUT2D eigenvalue weighted by atomic mass is 9.84. The van der Waals surface area contributed by atoms with Crippen molar-refractivity contribution < 1.29 is 28.5 Å². The molecule has 17 heavy (non-hydrogen) atoms. The van der Waals surface area contributed by atoms with Crippen LogP contribution < -0.4 is 0 Å². The van der Waals surface area contributed by atoms with Crippen molar-refractivity contribution >= 4 is 0 Å². The molecule has 2 aliphatic rings. The van der Waals surface area contributed by atoms with Crippen LogP contribution in [0.1, 0.15) is 13.3 Å². The molecule has 2 saturated heterocycles. The smallest absolute Gasteiger partial charge is 0.391 e. The first-order chi connectivity index (χ1) is 7.73. The van der Waals surface area contributed by atoms with E-state index in [1.54, 1.807) is 0 Å². The van der Waals surface area contributed by atoms with E-state index in [4.69, 9.17) is 0 Å². The van der Waals surface area contributed by atoms with E-state index in [1.165, 1.54) is 6.92 Å². The molecule has 0 aromatic carbocycles. The number of hydrogen-bond donors (Lipinski definition) is 3. The molecule has 2 heterocycles. The Morgan fingerprint density at radius 3 is 2.24 bits per heavy atom. The SMILES string of the molecule is CC1C[C@@H](O)[C@@H]2[C@H](O)[C@H](O)CN2C1C(F)(F)F. The monoisotopic (exact) mass is 255 g/mol. The van der Waals surface area contributed by atoms with Crippen LogP contribution in [0, 0.1) is 5.92 Å². The molecule has 2 unspecified atom stereocenters. The van der Waals surface area contributed by atoms with E-state index >= 15 is 0 Å². The number of aliphatic hydroxyl groups is 3. The first-order valence-electron chi connectivity index (χ1n) is 5.60. The van der Waals surface area contributed by atoms with Crippen molar-refractivity contribution in [3.05, 3.63) is 0 Å². The summed E-state index contributed by atoms with van der Waals surface area (Å²) in [6.07, 6.45) is -8.01. The first kappa shape index (κ1) is 13.1. The van der Waals surface area contributed by atoms with Crippen molar-refractivity contribution in [2.45, 2.75) is 49.9 Å². The summed E-state index contributed by atoms with van der Waals surface area (Å²) in [4.78, 5) is 0.994. The zero-order valence-corrected chi connectivity index (χ0v) is 9.30. The van der Waals surface area contributed by atoms with Crippen molar-refractivity contribution in [1.82, 2.24) is 4.90 Å². The molecule has 0 aromatic heterocycles. The van der Waals surface area contributed by atoms with Gasteiger partial charge in [-0.25, -0.2) is 0 Å². The molecule has 0 aliphatic carbocycles. The highest BCUT2D eigenvalue weighted by Crippen LogP contribution is 2.41. The molecule has 0 spiro atoms. The third kappa shape index (κ3) is 2.05. The summed E-state index contributed by atoms with van der Waals surface area (Å²) < 4.78 is 38.8. The van der Waals surface area contributed by atoms with Gasteiger partial charge in [0, 0.05) is 6.54 Å². The Balaban J connectivity index is 2.30. The average molecular weight is 255 g/mol. The molecule has 6 atom stereocenters. The highest BCUT2D eigenvalue weighted by molar-refractivity contribution is 5.06. The fourth-order valence-electron chi connectivity index (χ4n) is 3.10. The predicted octanol–water partition coefficient (Wildman–Crippen LogP) is -0.276. The van der Waals surface area contributed by atoms with Crippen molar-refractivity contribution in [2.24, 2.45) is 5.92 Å². The van der Waals surface area contributed by atoms with Gasteiger partial charge in [-0.1, -0.05) is 6.92 Å². The Morgan fingerprint density at radius 1 is 1.12 bits per heavy atom. The summed E-state index contributed by atoms with van der Waals surface area (Å²) >= 11 is 0. The highest BCUT2D eigenvalue weighted by atomic mass is 19.4. The van der Waals surface area contributed by atoms with Gasteiger partial charge in [0.05, 0.1) is 24.4 Å². The third-order valence-corrected chi connectivity index (χ3v) is 3.76. The van der Waals surface area contributed by atoms with Gasteiger partial charge in [0.1, 0.15) is 6.04 Å². The fourth-order valence-corrected chi connectivity index (χ4v) is 3.10. The van der Waals surface area contributed by atoms with Gasteiger partial charge >= 0.3 is 6.18 Å². The standard InChI is InChI=1S/C10H16F3NO3/c1-4-2-5(15)7-8(17)6(16)3-14(7)9(4)10(11,12)13/h4-9,15-17H,2-3H2,1H3/t4?,5-,6-,7-,8-,9?/m1/s1. The molecule has 4 nitrogen and oxygen atoms in total. The quantitative estimate of drug-likeness (QED) is 0.557. The minimum atomic E-state index is -4.42. The van der Waals surface area contributed by atoms with Crippen molar-refractivity contribution in [3.63, 3.8) is 0 Å². The van der Waals surface area contributed by atoms with Crippen LogP contribution in [0.25, 0.3) is 0 Å². The number of nitrogens with zero attached hydrogens (tertiary/aromatic N) is 1. The number of halogens is 3. The molecule has 2 rings (SSSR count). The Morgan fingerprint density at radius 2 is 1.71 bits per heavy atom. The summed E-state index contributed by atoms with van der Waals surface area (Å²) in [6.45, 7) is 1.17. The Hall–Kier alpha value is -0.370. The molecule has 3 N–H and O–H groups in total. The topological polar surface area (TPSA) is 63.9 Å². The summed E-state index contributed by atoms with van der Waals surface area (Å²) in [5.74, 6) is -0.751. The lowest BCUT2D eigenvalue weighted by Gasteiger charge is -2.45. The number of fused-ring (bicyclic) bond motifs is 1. The largest absolute Gasteiger partial charge is 0.404 e. The van der Waals surface area contributed by atoms with Crippen LogP contribution in [0.5, 0.6) is 0 Å². The summed E-state index contributed by atoms with van der Waals surface area (Å²) in [7, 11) is 0. The minimum Gasteiger partial charge on any atom is -0.391 e. The Bertz CT molecular complexity index is 299. The lowest BCUT2D eigenvalue weighted by Crippen LogP contribution is -2.61. The maximum atomic E-state index is 12.9. The third-order valence-electron chi connectivity index (χ3n) is 3.76. The van der Waals surface area contributed by atoms with Crippen LogP contribution in [-0.2, 0) is 0 Å². The molecule has 7 heteroatoms. The van der Waals surface area contributed by atoms with Gasteiger partial charge in [-0.2, -0.15) is 13.2 Å². The number of rotatable bonds is 0. The second-order valence-electron chi connectivity index (χ2n) is 5.01. The molecule has 0 aromatic rings. The number of piperidine rings is 1. The molecule has 0 saturated carbocycles. The van der Waals surface area contributed by atoms with Gasteiger partial charge < -0.3 is 15.3 Å². The second kappa shape index (κ2) is 4.08. The van der Waals surface area contributed by atoms with Crippen molar-refractivity contribution in [1.29, 1.82) is 0 Å². The molecule has 0 amide bonds. The maximum Gasteiger partial charge on any atom is 0.404 e. The first-order valence-corrected chi connectivity index (χ1v) is 5.60. The van der Waals surface area contributed by atoms with Gasteiger partial charge in [0.15, 0.2) is 0 Å². The van der Waals surface area contributed by atoms with E-state index in [9.17, 15) is 28.5 Å². The lowest BCUT2D eigenvalue weighted by molar-refractivity contribution is -0.221. The summed E-state index contributed by atoms with van der Waals surface area (Å²) in [5.41, 5.74) is 0. The van der Waals surface area contributed by atoms with Gasteiger partial charge in [0.2, 0.25) is 0 Å². The van der Waals surface area contributed by atoms with E-state index in [1.807, 2.05) is 0 Å². The molecule has 100 valence electrons. The van der Waals surface area contributed by atoms with Crippen LogP contribution in [-0.4, -0.2) is 63.3 Å². The molecule has 2 aliphatic heterocycles. The van der Waals surface area contributed by atoms with Gasteiger partial charge in [-0.3, -0.25) is 4.90 Å². The van der Waals surface area contributed by atoms with Crippen LogP contribution in [0.15, 0.2) is 0 Å². The van der Waals surface area contributed by atoms with Crippen LogP contribution in [0.2, 0.25) is 0 Å². The van der Waals surface area contributed by atoms with E-state index in [0.29, 0.717) is 0 Å². The molecular formula is C10H16F3NO3. The zero-order chi connectivity index (χ0) is 13.0. The van der Waals surface area contributed by atoms with Crippen LogP contribution >= 0.6 is 0 Å². The van der Waals surface area contributed by atoms with E-state index in [0.717, 1.165) is 4.90 Å². The Labute approximate surface area is 96.7 Å². The average Bonchev–Trinajstić information content (AvgIpc) is 2.40. The van der Waals surface area contributed by atoms with Gasteiger partial charge in [0.25, 0.3) is 0 Å². The van der Waals surface area contributed by atoms with Crippen molar-refractivity contribution in [2.75, 3.05) is 6.54 Å². The molecule has 0 bridgehead atoms. The summed E-state index contributed by atoms with van der Waals surface area (Å²) in [6, 6.07) is -2.73. The molecular weight excluding hydrogens is 239 g/mol. The van der Waals surface area contributed by atoms with E-state index in [-0.39, 0.29) is 13.0 Å². The second-order valence-corrected chi connectivity index (χ2v) is 5.01. The minimum absolute atomic E-state index is 0.0187. The normalized spacial score (nSPS) is 48.2. The maximum absolute atomic E-state index is 12.9. The van der Waals surface area contributed by atoms with Gasteiger partial charge in [-0.05, 0) is 12.3 Å². The fraction of sp³-hybridized carbons (Fsp3) is 1.00. The van der Waals surface area contributed by atoms with Gasteiger partial charge in [-0.15, -0.1) is 0 Å². The predicted molar refractivity (Wildman–Crippen MR) is 52.1 cm³/mol. The highest BCUT2D eigenvalue weighted by Gasteiger charge is 2.58. The Kier molecular flexibility index (Phi) is 3.14. The molecule has 2 fully saturated rings. The number of aliphatic hydroxyl groups excluding tert-OH is 3.